The predicted octanol–water partition coefficient (Wildman–Crippen LogP) is 1.07. The lowest BCUT2D eigenvalue weighted by Crippen LogP contribution is -2.37. The number of benzene rings is 1. The van der Waals surface area contributed by atoms with Crippen molar-refractivity contribution in [1.29, 1.82) is 0 Å². The van der Waals surface area contributed by atoms with Gasteiger partial charge in [-0.15, -0.1) is 0 Å². The number of hydrogen-bond donors (Lipinski definition) is 3. The van der Waals surface area contributed by atoms with Crippen molar-refractivity contribution in [2.45, 2.75) is 18.9 Å². The number of aromatic hydroxyl groups is 1. The number of anilines is 1. The number of hydrogen-bond acceptors (Lipinski definition) is 6. The van der Waals surface area contributed by atoms with Crippen LogP contribution in [0.4, 0.5) is 5.69 Å². The van der Waals surface area contributed by atoms with Gasteiger partial charge in [0.1, 0.15) is 17.1 Å². The highest BCUT2D eigenvalue weighted by molar-refractivity contribution is 6.09. The summed E-state index contributed by atoms with van der Waals surface area (Å²) in [6.07, 6.45) is -0.683. The highest BCUT2D eigenvalue weighted by Crippen LogP contribution is 2.39. The number of aryl methyl sites for hydroxylation is 1. The Balaban J connectivity index is 2.01. The molecule has 118 valence electrons. The topological polar surface area (TPSA) is 117 Å². The molecule has 0 radical (unpaired) electrons. The summed E-state index contributed by atoms with van der Waals surface area (Å²) in [5.74, 6) is -2.04. The fraction of sp³-hybridized carbons (Fsp3) is 0.188. The number of fused-ring (bicyclic) bond motifs is 1. The Morgan fingerprint density at radius 2 is 2.00 bits per heavy atom. The van der Waals surface area contributed by atoms with Crippen molar-refractivity contribution in [3.63, 3.8) is 0 Å². The number of aliphatic hydroxyl groups is 1. The second kappa shape index (κ2) is 5.06. The molecule has 1 aliphatic rings. The summed E-state index contributed by atoms with van der Waals surface area (Å²) >= 11 is 0. The van der Waals surface area contributed by atoms with Crippen LogP contribution in [0.3, 0.4) is 0 Å². The van der Waals surface area contributed by atoms with Gasteiger partial charge in [0.15, 0.2) is 11.4 Å². The maximum atomic E-state index is 12.4. The van der Waals surface area contributed by atoms with E-state index in [0.717, 1.165) is 6.07 Å². The number of para-hydroxylation sites is 1. The van der Waals surface area contributed by atoms with Gasteiger partial charge in [-0.25, -0.2) is 4.79 Å². The SMILES string of the molecule is Cc1cc(O)c(C(=O)C[C@@]2(O)C(=O)Nc3ccccc32)c(=O)o1. The first-order chi connectivity index (χ1) is 10.8. The number of ketones is 1. The van der Waals surface area contributed by atoms with E-state index in [1.165, 1.54) is 13.0 Å². The van der Waals surface area contributed by atoms with Crippen LogP contribution in [0.5, 0.6) is 5.75 Å². The molecule has 2 heterocycles. The third-order valence-corrected chi connectivity index (χ3v) is 3.75. The summed E-state index contributed by atoms with van der Waals surface area (Å²) in [7, 11) is 0. The summed E-state index contributed by atoms with van der Waals surface area (Å²) < 4.78 is 4.79. The van der Waals surface area contributed by atoms with Crippen molar-refractivity contribution in [2.24, 2.45) is 0 Å². The summed E-state index contributed by atoms with van der Waals surface area (Å²) in [6.45, 7) is 1.45. The van der Waals surface area contributed by atoms with Gasteiger partial charge in [-0.2, -0.15) is 0 Å². The fourth-order valence-corrected chi connectivity index (χ4v) is 2.65. The Morgan fingerprint density at radius 3 is 2.70 bits per heavy atom. The van der Waals surface area contributed by atoms with E-state index in [1.54, 1.807) is 18.2 Å². The van der Waals surface area contributed by atoms with Crippen LogP contribution in [0.25, 0.3) is 0 Å². The Bertz CT molecular complexity index is 884. The van der Waals surface area contributed by atoms with Crippen molar-refractivity contribution in [2.75, 3.05) is 5.32 Å². The van der Waals surface area contributed by atoms with Crippen molar-refractivity contribution in [3.8, 4) is 5.75 Å². The molecule has 1 aromatic carbocycles. The first kappa shape index (κ1) is 15.0. The molecule has 0 saturated carbocycles. The van der Waals surface area contributed by atoms with Gasteiger partial charge in [0.05, 0.1) is 6.42 Å². The van der Waals surface area contributed by atoms with Crippen molar-refractivity contribution in [1.82, 2.24) is 0 Å². The Kier molecular flexibility index (Phi) is 3.30. The number of rotatable bonds is 3. The lowest BCUT2D eigenvalue weighted by molar-refractivity contribution is -0.133. The molecule has 1 aromatic heterocycles. The lowest BCUT2D eigenvalue weighted by atomic mass is 9.88. The molecule has 0 aliphatic carbocycles. The molecule has 3 rings (SSSR count). The number of amides is 1. The molecule has 0 saturated heterocycles. The number of carbonyl (C=O) groups excluding carboxylic acids is 2. The predicted molar refractivity (Wildman–Crippen MR) is 79.3 cm³/mol. The molecule has 0 spiro atoms. The molecule has 3 N–H and O–H groups in total. The fourth-order valence-electron chi connectivity index (χ4n) is 2.65. The molecular formula is C16H13NO6. The van der Waals surface area contributed by atoms with E-state index in [9.17, 15) is 24.6 Å². The van der Waals surface area contributed by atoms with E-state index in [-0.39, 0.29) is 11.3 Å². The smallest absolute Gasteiger partial charge is 0.350 e. The summed E-state index contributed by atoms with van der Waals surface area (Å²) in [4.78, 5) is 36.2. The monoisotopic (exact) mass is 315 g/mol. The third-order valence-electron chi connectivity index (χ3n) is 3.75. The van der Waals surface area contributed by atoms with Crippen LogP contribution >= 0.6 is 0 Å². The normalized spacial score (nSPS) is 19.3. The maximum absolute atomic E-state index is 12.4. The molecule has 1 amide bonds. The minimum Gasteiger partial charge on any atom is -0.507 e. The average Bonchev–Trinajstić information content (AvgIpc) is 2.69. The second-order valence-electron chi connectivity index (χ2n) is 5.36. The Labute approximate surface area is 130 Å². The van der Waals surface area contributed by atoms with E-state index in [4.69, 9.17) is 4.42 Å². The number of carbonyl (C=O) groups is 2. The molecule has 0 unspecified atom stereocenters. The zero-order valence-electron chi connectivity index (χ0n) is 12.1. The number of Topliss-reactive ketones (excluding diaryl/α,β-unsaturated/α-hetero) is 1. The second-order valence-corrected chi connectivity index (χ2v) is 5.36. The van der Waals surface area contributed by atoms with Gasteiger partial charge in [0.25, 0.3) is 5.91 Å². The van der Waals surface area contributed by atoms with Crippen LogP contribution in [0.15, 0.2) is 39.5 Å². The van der Waals surface area contributed by atoms with Crippen molar-refractivity contribution < 1.29 is 24.2 Å². The summed E-state index contributed by atoms with van der Waals surface area (Å²) in [5, 5.41) is 22.9. The highest BCUT2D eigenvalue weighted by Gasteiger charge is 2.47. The lowest BCUT2D eigenvalue weighted by Gasteiger charge is -2.19. The molecule has 7 heteroatoms. The average molecular weight is 315 g/mol. The summed E-state index contributed by atoms with van der Waals surface area (Å²) in [6, 6.07) is 7.52. The van der Waals surface area contributed by atoms with Gasteiger partial charge in [-0.05, 0) is 13.0 Å². The van der Waals surface area contributed by atoms with Crippen LogP contribution in [0.1, 0.15) is 28.1 Å². The molecule has 0 bridgehead atoms. The van der Waals surface area contributed by atoms with E-state index in [2.05, 4.69) is 5.32 Å². The zero-order chi connectivity index (χ0) is 16.8. The van der Waals surface area contributed by atoms with Gasteiger partial charge in [-0.1, -0.05) is 18.2 Å². The minimum absolute atomic E-state index is 0.145. The first-order valence-electron chi connectivity index (χ1n) is 6.83. The molecule has 0 fully saturated rings. The molecule has 1 aliphatic heterocycles. The molecular weight excluding hydrogens is 302 g/mol. The van der Waals surface area contributed by atoms with Gasteiger partial charge < -0.3 is 19.9 Å². The van der Waals surface area contributed by atoms with Crippen LogP contribution in [0.2, 0.25) is 0 Å². The molecule has 7 nitrogen and oxygen atoms in total. The molecule has 1 atom stereocenters. The third kappa shape index (κ3) is 2.31. The summed E-state index contributed by atoms with van der Waals surface area (Å²) in [5.41, 5.74) is -3.05. The van der Waals surface area contributed by atoms with Crippen LogP contribution < -0.4 is 10.9 Å². The zero-order valence-corrected chi connectivity index (χ0v) is 12.1. The van der Waals surface area contributed by atoms with Crippen molar-refractivity contribution in [3.05, 3.63) is 57.6 Å². The standard InChI is InChI=1S/C16H13NO6/c1-8-6-11(18)13(14(20)23-8)12(19)7-16(22)9-4-2-3-5-10(9)17-15(16)21/h2-6,18,22H,7H2,1H3,(H,17,21)/t16-/m0/s1. The molecule has 23 heavy (non-hydrogen) atoms. The van der Waals surface area contributed by atoms with Crippen molar-refractivity contribution >= 4 is 17.4 Å². The van der Waals surface area contributed by atoms with Gasteiger partial charge in [0, 0.05) is 17.3 Å². The Hall–Kier alpha value is -2.93. The van der Waals surface area contributed by atoms with E-state index in [0.29, 0.717) is 5.69 Å². The number of nitrogens with one attached hydrogen (secondary N) is 1. The first-order valence-corrected chi connectivity index (χ1v) is 6.83. The van der Waals surface area contributed by atoms with Gasteiger partial charge in [0.2, 0.25) is 0 Å². The maximum Gasteiger partial charge on any atom is 0.350 e. The molecule has 2 aromatic rings. The van der Waals surface area contributed by atoms with Gasteiger partial charge >= 0.3 is 5.63 Å². The quantitative estimate of drug-likeness (QED) is 0.729. The van der Waals surface area contributed by atoms with Crippen LogP contribution in [0, 0.1) is 6.92 Å². The highest BCUT2D eigenvalue weighted by atomic mass is 16.4. The van der Waals surface area contributed by atoms with E-state index < -0.39 is 40.7 Å². The largest absolute Gasteiger partial charge is 0.507 e. The van der Waals surface area contributed by atoms with E-state index in [1.807, 2.05) is 0 Å². The van der Waals surface area contributed by atoms with Crippen LogP contribution in [-0.2, 0) is 10.4 Å². The van der Waals surface area contributed by atoms with Crippen LogP contribution in [-0.4, -0.2) is 21.9 Å². The minimum atomic E-state index is -2.10. The van der Waals surface area contributed by atoms with Gasteiger partial charge in [-0.3, -0.25) is 9.59 Å². The van der Waals surface area contributed by atoms with E-state index >= 15 is 0 Å². The Morgan fingerprint density at radius 1 is 1.30 bits per heavy atom.